The zero-order valence-electron chi connectivity index (χ0n) is 15.5. The number of benzene rings is 1. The number of rotatable bonds is 4. The van der Waals surface area contributed by atoms with Crippen molar-refractivity contribution in [3.8, 4) is 11.3 Å². The van der Waals surface area contributed by atoms with Gasteiger partial charge in [0.15, 0.2) is 0 Å². The quantitative estimate of drug-likeness (QED) is 0.655. The molecule has 0 atom stereocenters. The Hall–Kier alpha value is -3.07. The van der Waals surface area contributed by atoms with Crippen molar-refractivity contribution in [2.24, 2.45) is 11.7 Å². The van der Waals surface area contributed by atoms with E-state index < -0.39 is 0 Å². The first kappa shape index (κ1) is 21.2. The van der Waals surface area contributed by atoms with Gasteiger partial charge in [-0.25, -0.2) is 4.39 Å². The molecule has 4 rings (SSSR count). The van der Waals surface area contributed by atoms with Crippen LogP contribution >= 0.6 is 0 Å². The molecule has 1 aliphatic rings. The lowest BCUT2D eigenvalue weighted by molar-refractivity contribution is -0.106. The minimum Gasteiger partial charge on any atom is -0.423 e. The minimum atomic E-state index is -0.246. The first-order chi connectivity index (χ1) is 13.5. The summed E-state index contributed by atoms with van der Waals surface area (Å²) in [6.45, 7) is 1.66. The maximum absolute atomic E-state index is 12.6. The number of hydrogen-bond donors (Lipinski definition) is 2. The number of aliphatic hydroxyl groups is 1. The molecule has 0 aliphatic heterocycles. The average Bonchev–Trinajstić information content (AvgIpc) is 3.29. The Morgan fingerprint density at radius 3 is 2.36 bits per heavy atom. The third-order valence-corrected chi connectivity index (χ3v) is 4.10. The molecule has 1 saturated carbocycles. The molecular formula is C19H23FN4O4. The van der Waals surface area contributed by atoms with E-state index in [0.29, 0.717) is 11.8 Å². The summed E-state index contributed by atoms with van der Waals surface area (Å²) in [6, 6.07) is 7.96. The molecule has 9 heteroatoms. The Balaban J connectivity index is 0.000000176. The average molecular weight is 390 g/mol. The van der Waals surface area contributed by atoms with Crippen LogP contribution in [0.2, 0.25) is 0 Å². The molecule has 0 saturated heterocycles. The van der Waals surface area contributed by atoms with E-state index in [9.17, 15) is 4.39 Å². The van der Waals surface area contributed by atoms with Gasteiger partial charge in [0.2, 0.25) is 18.2 Å². The van der Waals surface area contributed by atoms with Crippen molar-refractivity contribution in [1.29, 1.82) is 0 Å². The predicted octanol–water partition coefficient (Wildman–Crippen LogP) is 2.80. The van der Waals surface area contributed by atoms with Gasteiger partial charge in [-0.15, -0.1) is 10.2 Å². The Bertz CT molecular complexity index is 844. The van der Waals surface area contributed by atoms with Crippen molar-refractivity contribution >= 4 is 6.41 Å². The first-order valence-corrected chi connectivity index (χ1v) is 8.82. The highest BCUT2D eigenvalue weighted by Gasteiger charge is 2.20. The minimum absolute atomic E-state index is 0.155. The summed E-state index contributed by atoms with van der Waals surface area (Å²) in [5, 5.41) is 20.0. The molecule has 28 heavy (non-hydrogen) atoms. The van der Waals surface area contributed by atoms with E-state index >= 15 is 0 Å². The Morgan fingerprint density at radius 2 is 1.89 bits per heavy atom. The fraction of sp³-hybridized carbons (Fsp3) is 0.368. The summed E-state index contributed by atoms with van der Waals surface area (Å²) in [6.07, 6.45) is 5.01. The second-order valence-electron chi connectivity index (χ2n) is 6.21. The van der Waals surface area contributed by atoms with Crippen molar-refractivity contribution in [1.82, 2.24) is 15.4 Å². The van der Waals surface area contributed by atoms with E-state index in [-0.39, 0.29) is 18.8 Å². The predicted molar refractivity (Wildman–Crippen MR) is 98.2 cm³/mol. The molecule has 1 amide bonds. The third kappa shape index (κ3) is 6.58. The SMILES string of the molecule is Cc1cc(-c2ccc(F)cc2)no1.NC=O.OCc1nnc(CC2CCC2)o1. The Labute approximate surface area is 161 Å². The van der Waals surface area contributed by atoms with Gasteiger partial charge in [0, 0.05) is 18.1 Å². The van der Waals surface area contributed by atoms with Crippen LogP contribution in [0.5, 0.6) is 0 Å². The fourth-order valence-electron chi connectivity index (χ4n) is 2.50. The second kappa shape index (κ2) is 10.9. The maximum Gasteiger partial charge on any atom is 0.241 e. The van der Waals surface area contributed by atoms with Crippen LogP contribution in [0.1, 0.15) is 36.8 Å². The standard InChI is InChI=1S/C10H8FNO.C8H12N2O2.CH3NO/c1-7-6-10(12-13-7)8-2-4-9(11)5-3-8;11-5-8-10-9-7(12-8)4-6-2-1-3-6;2-1-3/h2-6H,1H3;6,11H,1-5H2;1H,(H2,2,3). The number of hydrogen-bond acceptors (Lipinski definition) is 7. The molecule has 1 aliphatic carbocycles. The summed E-state index contributed by atoms with van der Waals surface area (Å²) < 4.78 is 22.6. The Morgan fingerprint density at radius 1 is 1.25 bits per heavy atom. The summed E-state index contributed by atoms with van der Waals surface area (Å²) >= 11 is 0. The van der Waals surface area contributed by atoms with Gasteiger partial charge in [-0.05, 0) is 49.9 Å². The van der Waals surface area contributed by atoms with Gasteiger partial charge in [-0.1, -0.05) is 11.6 Å². The smallest absolute Gasteiger partial charge is 0.241 e. The van der Waals surface area contributed by atoms with Gasteiger partial charge < -0.3 is 19.8 Å². The maximum atomic E-state index is 12.6. The van der Waals surface area contributed by atoms with Gasteiger partial charge in [0.25, 0.3) is 0 Å². The molecule has 3 N–H and O–H groups in total. The zero-order chi connectivity index (χ0) is 20.4. The number of amides is 1. The lowest BCUT2D eigenvalue weighted by Crippen LogP contribution is -2.13. The molecule has 3 aromatic rings. The Kier molecular flexibility index (Phi) is 8.29. The van der Waals surface area contributed by atoms with Crippen molar-refractivity contribution in [3.63, 3.8) is 0 Å². The molecule has 1 fully saturated rings. The van der Waals surface area contributed by atoms with E-state index in [1.807, 2.05) is 13.0 Å². The molecule has 0 radical (unpaired) electrons. The molecule has 0 bridgehead atoms. The number of carbonyl (C=O) groups is 1. The number of primary amides is 1. The number of aliphatic hydroxyl groups excluding tert-OH is 1. The highest BCUT2D eigenvalue weighted by atomic mass is 19.1. The van der Waals surface area contributed by atoms with Crippen LogP contribution in [0.3, 0.4) is 0 Å². The number of carbonyl (C=O) groups excluding carboxylic acids is 1. The molecule has 0 spiro atoms. The van der Waals surface area contributed by atoms with Gasteiger partial charge in [-0.3, -0.25) is 4.79 Å². The van der Waals surface area contributed by atoms with Crippen molar-refractivity contribution in [2.45, 2.75) is 39.2 Å². The van der Waals surface area contributed by atoms with Crippen molar-refractivity contribution in [3.05, 3.63) is 53.7 Å². The van der Waals surface area contributed by atoms with Gasteiger partial charge in [0.05, 0.1) is 0 Å². The van der Waals surface area contributed by atoms with E-state index in [1.54, 1.807) is 12.1 Å². The summed E-state index contributed by atoms with van der Waals surface area (Å²) in [4.78, 5) is 8.58. The summed E-state index contributed by atoms with van der Waals surface area (Å²) in [5.74, 6) is 2.23. The number of aromatic nitrogens is 3. The number of halogens is 1. The van der Waals surface area contributed by atoms with Crippen LogP contribution < -0.4 is 5.73 Å². The van der Waals surface area contributed by atoms with Crippen molar-refractivity contribution < 1.29 is 23.2 Å². The van der Waals surface area contributed by atoms with Gasteiger partial charge in [-0.2, -0.15) is 0 Å². The van der Waals surface area contributed by atoms with Crippen molar-refractivity contribution in [2.75, 3.05) is 0 Å². The number of nitrogens with two attached hydrogens (primary N) is 1. The summed E-state index contributed by atoms with van der Waals surface area (Å²) in [5.41, 5.74) is 5.76. The lowest BCUT2D eigenvalue weighted by atomic mass is 9.83. The highest BCUT2D eigenvalue weighted by molar-refractivity contribution is 5.58. The second-order valence-corrected chi connectivity index (χ2v) is 6.21. The van der Waals surface area contributed by atoms with Crippen LogP contribution in [0.4, 0.5) is 4.39 Å². The molecule has 2 heterocycles. The van der Waals surface area contributed by atoms with Crippen LogP contribution in [-0.4, -0.2) is 26.9 Å². The highest BCUT2D eigenvalue weighted by Crippen LogP contribution is 2.29. The third-order valence-electron chi connectivity index (χ3n) is 4.10. The lowest BCUT2D eigenvalue weighted by Gasteiger charge is -2.23. The van der Waals surface area contributed by atoms with Crippen LogP contribution in [0.25, 0.3) is 11.3 Å². The van der Waals surface area contributed by atoms with E-state index in [4.69, 9.17) is 18.8 Å². The molecule has 2 aromatic heterocycles. The van der Waals surface area contributed by atoms with E-state index in [0.717, 1.165) is 29.4 Å². The topological polar surface area (TPSA) is 128 Å². The largest absolute Gasteiger partial charge is 0.423 e. The molecular weight excluding hydrogens is 367 g/mol. The monoisotopic (exact) mass is 390 g/mol. The molecule has 1 aromatic carbocycles. The number of nitrogens with zero attached hydrogens (tertiary/aromatic N) is 3. The van der Waals surface area contributed by atoms with E-state index in [1.165, 1.54) is 31.4 Å². The summed E-state index contributed by atoms with van der Waals surface area (Å²) in [7, 11) is 0. The normalized spacial score (nSPS) is 12.8. The van der Waals surface area contributed by atoms with Crippen LogP contribution in [0, 0.1) is 18.7 Å². The van der Waals surface area contributed by atoms with Crippen LogP contribution in [0.15, 0.2) is 39.3 Å². The number of aryl methyl sites for hydroxylation is 1. The fourth-order valence-corrected chi connectivity index (χ4v) is 2.50. The van der Waals surface area contributed by atoms with E-state index in [2.05, 4.69) is 21.1 Å². The van der Waals surface area contributed by atoms with Crippen LogP contribution in [-0.2, 0) is 17.8 Å². The molecule has 8 nitrogen and oxygen atoms in total. The molecule has 150 valence electrons. The zero-order valence-corrected chi connectivity index (χ0v) is 15.5. The van der Waals surface area contributed by atoms with Gasteiger partial charge >= 0.3 is 0 Å². The van der Waals surface area contributed by atoms with Gasteiger partial charge in [0.1, 0.15) is 23.9 Å². The molecule has 0 unspecified atom stereocenters. The first-order valence-electron chi connectivity index (χ1n) is 8.82.